The maximum Gasteiger partial charge on any atom is 0.373 e. The number of carbonyl (C=O) groups is 2. The molecule has 9 heteroatoms. The first-order chi connectivity index (χ1) is 13.9. The summed E-state index contributed by atoms with van der Waals surface area (Å²) >= 11 is 0. The summed E-state index contributed by atoms with van der Waals surface area (Å²) in [5, 5.41) is 19.6. The van der Waals surface area contributed by atoms with Crippen LogP contribution in [0.15, 0.2) is 42.2 Å². The van der Waals surface area contributed by atoms with Crippen molar-refractivity contribution in [1.29, 1.82) is 0 Å². The average Bonchev–Trinajstić information content (AvgIpc) is 2.74. The van der Waals surface area contributed by atoms with Crippen LogP contribution in [0, 0.1) is 5.92 Å². The van der Waals surface area contributed by atoms with Crippen LogP contribution < -0.4 is 5.73 Å². The van der Waals surface area contributed by atoms with E-state index in [1.165, 1.54) is 13.2 Å². The highest BCUT2D eigenvalue weighted by atomic mass is 16.6. The van der Waals surface area contributed by atoms with Crippen molar-refractivity contribution in [1.82, 2.24) is 0 Å². The summed E-state index contributed by atoms with van der Waals surface area (Å²) in [5.74, 6) is -1.87. The minimum Gasteiger partial charge on any atom is -0.480 e. The molecular formula is C20H27NO8. The summed E-state index contributed by atoms with van der Waals surface area (Å²) in [6.45, 7) is 0.706. The molecule has 1 aliphatic heterocycles. The zero-order chi connectivity index (χ0) is 21.4. The van der Waals surface area contributed by atoms with Crippen LogP contribution in [-0.2, 0) is 35.1 Å². The minimum absolute atomic E-state index is 0.0761. The number of ether oxygens (including phenoxy) is 4. The molecule has 4 N–H and O–H groups in total. The summed E-state index contributed by atoms with van der Waals surface area (Å²) in [6, 6.07) is 8.54. The minimum atomic E-state index is -1.37. The Labute approximate surface area is 169 Å². The third kappa shape index (κ3) is 6.26. The van der Waals surface area contributed by atoms with Gasteiger partial charge in [0.1, 0.15) is 31.5 Å². The van der Waals surface area contributed by atoms with Gasteiger partial charge in [0, 0.05) is 12.0 Å². The Morgan fingerprint density at radius 3 is 2.59 bits per heavy atom. The molecule has 0 saturated carbocycles. The van der Waals surface area contributed by atoms with Crippen LogP contribution >= 0.6 is 0 Å². The van der Waals surface area contributed by atoms with Crippen LogP contribution in [0.2, 0.25) is 0 Å². The fraction of sp³-hybridized carbons (Fsp3) is 0.500. The second-order valence-corrected chi connectivity index (χ2v) is 6.71. The third-order valence-corrected chi connectivity index (χ3v) is 4.65. The van der Waals surface area contributed by atoms with E-state index in [2.05, 4.69) is 4.74 Å². The second-order valence-electron chi connectivity index (χ2n) is 6.71. The molecule has 2 rings (SSSR count). The van der Waals surface area contributed by atoms with Crippen molar-refractivity contribution >= 4 is 11.9 Å². The molecule has 0 amide bonds. The van der Waals surface area contributed by atoms with Gasteiger partial charge in [0.25, 0.3) is 0 Å². The van der Waals surface area contributed by atoms with Crippen molar-refractivity contribution in [3.63, 3.8) is 0 Å². The van der Waals surface area contributed by atoms with Gasteiger partial charge in [-0.3, -0.25) is 0 Å². The molecule has 9 nitrogen and oxygen atoms in total. The monoisotopic (exact) mass is 409 g/mol. The number of aliphatic hydroxyl groups excluding tert-OH is 2. The molecule has 0 radical (unpaired) electrons. The van der Waals surface area contributed by atoms with E-state index < -0.39 is 49.5 Å². The van der Waals surface area contributed by atoms with Gasteiger partial charge in [-0.1, -0.05) is 37.3 Å². The van der Waals surface area contributed by atoms with Crippen LogP contribution in [0.5, 0.6) is 0 Å². The standard InChI is InChI=1S/C20H27NO8/c1-12-14(21)8-16(20(25)26-2)29-18(12)19(15(23)9-22)28-11-17(24)27-10-13-6-4-3-5-7-13/h3-8,12,14-15,18-19,22-23H,9-11,21H2,1-2H3/t12-,14+,15-,18-,19-/m1/s1. The Kier molecular flexibility index (Phi) is 8.59. The Hall–Kier alpha value is -2.46. The lowest BCUT2D eigenvalue weighted by Gasteiger charge is -2.38. The topological polar surface area (TPSA) is 138 Å². The van der Waals surface area contributed by atoms with Crippen LogP contribution in [0.1, 0.15) is 12.5 Å². The number of rotatable bonds is 9. The van der Waals surface area contributed by atoms with Crippen molar-refractivity contribution in [2.45, 2.75) is 37.9 Å². The number of hydrogen-bond donors (Lipinski definition) is 3. The van der Waals surface area contributed by atoms with E-state index >= 15 is 0 Å². The lowest BCUT2D eigenvalue weighted by Crippen LogP contribution is -2.53. The van der Waals surface area contributed by atoms with E-state index in [0.29, 0.717) is 0 Å². The molecule has 5 atom stereocenters. The summed E-state index contributed by atoms with van der Waals surface area (Å²) in [4.78, 5) is 23.9. The van der Waals surface area contributed by atoms with Gasteiger partial charge in [-0.05, 0) is 11.6 Å². The lowest BCUT2D eigenvalue weighted by molar-refractivity contribution is -0.172. The first-order valence-electron chi connectivity index (χ1n) is 9.19. The largest absolute Gasteiger partial charge is 0.480 e. The van der Waals surface area contributed by atoms with Crippen molar-refractivity contribution < 1.29 is 38.7 Å². The molecule has 0 aromatic heterocycles. The molecule has 0 spiro atoms. The fourth-order valence-corrected chi connectivity index (χ4v) is 2.89. The second kappa shape index (κ2) is 10.9. The molecular weight excluding hydrogens is 382 g/mol. The number of benzene rings is 1. The molecule has 1 aromatic carbocycles. The highest BCUT2D eigenvalue weighted by molar-refractivity contribution is 5.86. The molecule has 0 fully saturated rings. The normalized spacial score (nSPS) is 23.3. The summed E-state index contributed by atoms with van der Waals surface area (Å²) in [6.07, 6.45) is -1.97. The van der Waals surface area contributed by atoms with Gasteiger partial charge in [0.05, 0.1) is 13.7 Å². The molecule has 1 aliphatic rings. The number of methoxy groups -OCH3 is 1. The summed E-state index contributed by atoms with van der Waals surface area (Å²) in [5.41, 5.74) is 6.86. The van der Waals surface area contributed by atoms with Crippen LogP contribution in [-0.4, -0.2) is 66.8 Å². The average molecular weight is 409 g/mol. The Balaban J connectivity index is 2.02. The van der Waals surface area contributed by atoms with E-state index in [9.17, 15) is 19.8 Å². The zero-order valence-electron chi connectivity index (χ0n) is 16.4. The van der Waals surface area contributed by atoms with Crippen molar-refractivity contribution in [2.24, 2.45) is 11.7 Å². The molecule has 1 heterocycles. The van der Waals surface area contributed by atoms with E-state index in [1.54, 1.807) is 6.92 Å². The Morgan fingerprint density at radius 2 is 1.97 bits per heavy atom. The maximum absolute atomic E-state index is 12.0. The predicted molar refractivity (Wildman–Crippen MR) is 101 cm³/mol. The smallest absolute Gasteiger partial charge is 0.373 e. The van der Waals surface area contributed by atoms with Crippen LogP contribution in [0.4, 0.5) is 0 Å². The van der Waals surface area contributed by atoms with Crippen molar-refractivity contribution in [3.05, 3.63) is 47.7 Å². The van der Waals surface area contributed by atoms with Gasteiger partial charge in [0.15, 0.2) is 0 Å². The van der Waals surface area contributed by atoms with Gasteiger partial charge in [-0.2, -0.15) is 0 Å². The van der Waals surface area contributed by atoms with Crippen LogP contribution in [0.3, 0.4) is 0 Å². The molecule has 0 aliphatic carbocycles. The van der Waals surface area contributed by atoms with E-state index in [4.69, 9.17) is 19.9 Å². The van der Waals surface area contributed by atoms with Crippen molar-refractivity contribution in [3.8, 4) is 0 Å². The zero-order valence-corrected chi connectivity index (χ0v) is 16.4. The first-order valence-corrected chi connectivity index (χ1v) is 9.19. The quantitative estimate of drug-likeness (QED) is 0.477. The lowest BCUT2D eigenvalue weighted by atomic mass is 9.88. The van der Waals surface area contributed by atoms with Gasteiger partial charge in [-0.25, -0.2) is 9.59 Å². The highest BCUT2D eigenvalue weighted by Crippen LogP contribution is 2.28. The number of esters is 2. The third-order valence-electron chi connectivity index (χ3n) is 4.65. The number of aliphatic hydroxyl groups is 2. The number of nitrogens with two attached hydrogens (primary N) is 1. The molecule has 29 heavy (non-hydrogen) atoms. The number of carbonyl (C=O) groups excluding carboxylic acids is 2. The van der Waals surface area contributed by atoms with Gasteiger partial charge >= 0.3 is 11.9 Å². The molecule has 0 bridgehead atoms. The molecule has 0 unspecified atom stereocenters. The van der Waals surface area contributed by atoms with Gasteiger partial charge in [0.2, 0.25) is 5.76 Å². The SMILES string of the molecule is COC(=O)C1=C[C@H](N)[C@@H](C)[C@H]([C@H](OCC(=O)OCc2ccccc2)[C@H](O)CO)O1. The fourth-order valence-electron chi connectivity index (χ4n) is 2.89. The Bertz CT molecular complexity index is 708. The van der Waals surface area contributed by atoms with E-state index in [1.807, 2.05) is 30.3 Å². The summed E-state index contributed by atoms with van der Waals surface area (Å²) < 4.78 is 20.9. The molecule has 0 saturated heterocycles. The summed E-state index contributed by atoms with van der Waals surface area (Å²) in [7, 11) is 1.20. The van der Waals surface area contributed by atoms with Gasteiger partial charge < -0.3 is 34.9 Å². The molecule has 160 valence electrons. The van der Waals surface area contributed by atoms with Crippen molar-refractivity contribution in [2.75, 3.05) is 20.3 Å². The van der Waals surface area contributed by atoms with Crippen LogP contribution in [0.25, 0.3) is 0 Å². The number of hydrogen-bond acceptors (Lipinski definition) is 9. The predicted octanol–water partition coefficient (Wildman–Crippen LogP) is -0.113. The van der Waals surface area contributed by atoms with E-state index in [-0.39, 0.29) is 18.3 Å². The molecule has 1 aromatic rings. The highest BCUT2D eigenvalue weighted by Gasteiger charge is 2.41. The van der Waals surface area contributed by atoms with Gasteiger partial charge in [-0.15, -0.1) is 0 Å². The maximum atomic E-state index is 12.0. The Morgan fingerprint density at radius 1 is 1.28 bits per heavy atom. The van der Waals surface area contributed by atoms with E-state index in [0.717, 1.165) is 5.56 Å². The first kappa shape index (κ1) is 22.8.